The molecule has 0 aromatic heterocycles. The zero-order chi connectivity index (χ0) is 12.1. The summed E-state index contributed by atoms with van der Waals surface area (Å²) in [6, 6.07) is 4.17. The number of carbonyl (C=O) groups is 1. The SMILES string of the molecule is COc1cc(C)c(C)cc1SCCC(C)=O. The van der Waals surface area contributed by atoms with E-state index in [9.17, 15) is 4.79 Å². The minimum absolute atomic E-state index is 0.232. The normalized spacial score (nSPS) is 10.2. The second kappa shape index (κ2) is 5.94. The van der Waals surface area contributed by atoms with E-state index in [1.807, 2.05) is 6.07 Å². The zero-order valence-electron chi connectivity index (χ0n) is 10.3. The van der Waals surface area contributed by atoms with Gasteiger partial charge in [0.05, 0.1) is 7.11 Å². The van der Waals surface area contributed by atoms with Gasteiger partial charge in [0.15, 0.2) is 0 Å². The molecule has 0 saturated carbocycles. The highest BCUT2D eigenvalue weighted by molar-refractivity contribution is 7.99. The molecule has 0 aliphatic heterocycles. The molecular formula is C13H18O2S. The summed E-state index contributed by atoms with van der Waals surface area (Å²) in [5.41, 5.74) is 2.49. The highest BCUT2D eigenvalue weighted by Crippen LogP contribution is 2.32. The lowest BCUT2D eigenvalue weighted by molar-refractivity contribution is -0.116. The summed E-state index contributed by atoms with van der Waals surface area (Å²) in [6.45, 7) is 5.78. The van der Waals surface area contributed by atoms with Gasteiger partial charge in [-0.25, -0.2) is 0 Å². The Labute approximate surface area is 101 Å². The smallest absolute Gasteiger partial charge is 0.132 e. The molecule has 1 aromatic rings. The number of ketones is 1. The van der Waals surface area contributed by atoms with Gasteiger partial charge in [0.2, 0.25) is 0 Å². The predicted molar refractivity (Wildman–Crippen MR) is 68.5 cm³/mol. The average molecular weight is 238 g/mol. The van der Waals surface area contributed by atoms with Crippen molar-refractivity contribution in [3.63, 3.8) is 0 Å². The summed E-state index contributed by atoms with van der Waals surface area (Å²) in [5.74, 6) is 1.95. The van der Waals surface area contributed by atoms with Gasteiger partial charge in [0, 0.05) is 17.1 Å². The maximum atomic E-state index is 10.9. The van der Waals surface area contributed by atoms with Gasteiger partial charge in [-0.05, 0) is 44.0 Å². The van der Waals surface area contributed by atoms with Crippen LogP contribution in [0.4, 0.5) is 0 Å². The predicted octanol–water partition coefficient (Wildman–Crippen LogP) is 3.38. The number of thioether (sulfide) groups is 1. The number of benzene rings is 1. The zero-order valence-corrected chi connectivity index (χ0v) is 11.1. The molecule has 2 nitrogen and oxygen atoms in total. The van der Waals surface area contributed by atoms with E-state index in [0.29, 0.717) is 6.42 Å². The summed E-state index contributed by atoms with van der Waals surface area (Å²) < 4.78 is 5.33. The molecule has 0 amide bonds. The fraction of sp³-hybridized carbons (Fsp3) is 0.462. The Hall–Kier alpha value is -0.960. The Morgan fingerprint density at radius 3 is 2.50 bits per heavy atom. The maximum absolute atomic E-state index is 10.9. The molecule has 3 heteroatoms. The molecule has 0 N–H and O–H groups in total. The van der Waals surface area contributed by atoms with Crippen LogP contribution in [0.25, 0.3) is 0 Å². The Balaban J connectivity index is 2.77. The Morgan fingerprint density at radius 1 is 1.31 bits per heavy atom. The van der Waals surface area contributed by atoms with E-state index in [1.54, 1.807) is 25.8 Å². The highest BCUT2D eigenvalue weighted by Gasteiger charge is 2.06. The van der Waals surface area contributed by atoms with Crippen molar-refractivity contribution >= 4 is 17.5 Å². The summed E-state index contributed by atoms with van der Waals surface area (Å²) in [4.78, 5) is 12.0. The van der Waals surface area contributed by atoms with Crippen molar-refractivity contribution in [2.75, 3.05) is 12.9 Å². The number of aryl methyl sites for hydroxylation is 2. The molecule has 88 valence electrons. The van der Waals surface area contributed by atoms with E-state index < -0.39 is 0 Å². The average Bonchev–Trinajstić information content (AvgIpc) is 2.22. The molecule has 0 fully saturated rings. The lowest BCUT2D eigenvalue weighted by Gasteiger charge is -2.10. The molecule has 0 saturated heterocycles. The maximum Gasteiger partial charge on any atom is 0.132 e. The van der Waals surface area contributed by atoms with Crippen molar-refractivity contribution in [3.8, 4) is 5.75 Å². The Morgan fingerprint density at radius 2 is 1.94 bits per heavy atom. The number of ether oxygens (including phenoxy) is 1. The molecule has 0 unspecified atom stereocenters. The second-order valence-corrected chi connectivity index (χ2v) is 5.02. The minimum Gasteiger partial charge on any atom is -0.496 e. The van der Waals surface area contributed by atoms with Crippen molar-refractivity contribution in [3.05, 3.63) is 23.3 Å². The number of hydrogen-bond acceptors (Lipinski definition) is 3. The van der Waals surface area contributed by atoms with Gasteiger partial charge < -0.3 is 4.74 Å². The van der Waals surface area contributed by atoms with Gasteiger partial charge >= 0.3 is 0 Å². The summed E-state index contributed by atoms with van der Waals surface area (Å²) in [6.07, 6.45) is 0.612. The van der Waals surface area contributed by atoms with Crippen molar-refractivity contribution in [2.45, 2.75) is 32.1 Å². The molecule has 1 rings (SSSR count). The van der Waals surface area contributed by atoms with Crippen LogP contribution in [-0.4, -0.2) is 18.6 Å². The molecule has 0 heterocycles. The molecular weight excluding hydrogens is 220 g/mol. The number of methoxy groups -OCH3 is 1. The van der Waals surface area contributed by atoms with E-state index in [4.69, 9.17) is 4.74 Å². The van der Waals surface area contributed by atoms with Gasteiger partial charge in [-0.2, -0.15) is 0 Å². The van der Waals surface area contributed by atoms with Crippen LogP contribution in [0.1, 0.15) is 24.5 Å². The fourth-order valence-electron chi connectivity index (χ4n) is 1.34. The third kappa shape index (κ3) is 3.56. The number of carbonyl (C=O) groups excluding carboxylic acids is 1. The van der Waals surface area contributed by atoms with Gasteiger partial charge in [-0.3, -0.25) is 4.79 Å². The molecule has 0 radical (unpaired) electrons. The van der Waals surface area contributed by atoms with E-state index >= 15 is 0 Å². The second-order valence-electron chi connectivity index (χ2n) is 3.89. The standard InChI is InChI=1S/C13H18O2S/c1-9-7-12(15-4)13(8-10(9)2)16-6-5-11(3)14/h7-8H,5-6H2,1-4H3. The van der Waals surface area contributed by atoms with E-state index in [0.717, 1.165) is 16.4 Å². The summed E-state index contributed by atoms with van der Waals surface area (Å²) >= 11 is 1.68. The molecule has 0 atom stereocenters. The first-order valence-corrected chi connectivity index (χ1v) is 6.30. The van der Waals surface area contributed by atoms with Crippen LogP contribution in [0.15, 0.2) is 17.0 Å². The molecule has 0 aliphatic carbocycles. The quantitative estimate of drug-likeness (QED) is 0.736. The van der Waals surface area contributed by atoms with Gasteiger partial charge in [-0.1, -0.05) is 0 Å². The minimum atomic E-state index is 0.232. The van der Waals surface area contributed by atoms with E-state index in [2.05, 4.69) is 19.9 Å². The lowest BCUT2D eigenvalue weighted by atomic mass is 10.1. The summed E-state index contributed by atoms with van der Waals surface area (Å²) in [5, 5.41) is 0. The number of rotatable bonds is 5. The van der Waals surface area contributed by atoms with Crippen molar-refractivity contribution in [1.29, 1.82) is 0 Å². The van der Waals surface area contributed by atoms with Gasteiger partial charge in [0.1, 0.15) is 11.5 Å². The monoisotopic (exact) mass is 238 g/mol. The first kappa shape index (κ1) is 13.1. The molecule has 1 aromatic carbocycles. The van der Waals surface area contributed by atoms with E-state index in [-0.39, 0.29) is 5.78 Å². The first-order valence-electron chi connectivity index (χ1n) is 5.32. The Kier molecular flexibility index (Phi) is 4.87. The third-order valence-electron chi connectivity index (χ3n) is 2.49. The molecule has 16 heavy (non-hydrogen) atoms. The van der Waals surface area contributed by atoms with Gasteiger partial charge in [-0.15, -0.1) is 11.8 Å². The fourth-order valence-corrected chi connectivity index (χ4v) is 2.49. The van der Waals surface area contributed by atoms with Crippen molar-refractivity contribution < 1.29 is 9.53 Å². The van der Waals surface area contributed by atoms with Crippen LogP contribution in [0.5, 0.6) is 5.75 Å². The van der Waals surface area contributed by atoms with Crippen LogP contribution in [0, 0.1) is 13.8 Å². The van der Waals surface area contributed by atoms with Crippen LogP contribution >= 0.6 is 11.8 Å². The topological polar surface area (TPSA) is 26.3 Å². The largest absolute Gasteiger partial charge is 0.496 e. The van der Waals surface area contributed by atoms with Crippen molar-refractivity contribution in [1.82, 2.24) is 0 Å². The van der Waals surface area contributed by atoms with Crippen LogP contribution in [0.3, 0.4) is 0 Å². The molecule has 0 bridgehead atoms. The van der Waals surface area contributed by atoms with Crippen molar-refractivity contribution in [2.24, 2.45) is 0 Å². The Bertz CT molecular complexity index is 386. The highest BCUT2D eigenvalue weighted by atomic mass is 32.2. The van der Waals surface area contributed by atoms with Crippen LogP contribution in [-0.2, 0) is 4.79 Å². The lowest BCUT2D eigenvalue weighted by Crippen LogP contribution is -1.94. The van der Waals surface area contributed by atoms with Crippen LogP contribution in [0.2, 0.25) is 0 Å². The van der Waals surface area contributed by atoms with Crippen LogP contribution < -0.4 is 4.74 Å². The summed E-state index contributed by atoms with van der Waals surface area (Å²) in [7, 11) is 1.68. The molecule has 0 spiro atoms. The van der Waals surface area contributed by atoms with Gasteiger partial charge in [0.25, 0.3) is 0 Å². The molecule has 0 aliphatic rings. The first-order chi connectivity index (χ1) is 7.54. The third-order valence-corrected chi connectivity index (χ3v) is 3.53. The van der Waals surface area contributed by atoms with E-state index in [1.165, 1.54) is 11.1 Å². The number of Topliss-reactive ketones (excluding diaryl/α,β-unsaturated/α-hetero) is 1. The number of hydrogen-bond donors (Lipinski definition) is 0.